The third-order valence-electron chi connectivity index (χ3n) is 2.73. The fourth-order valence-electron chi connectivity index (χ4n) is 1.93. The molecule has 0 unspecified atom stereocenters. The van der Waals surface area contributed by atoms with Gasteiger partial charge in [-0.2, -0.15) is 9.78 Å². The minimum absolute atomic E-state index is 0.140. The van der Waals surface area contributed by atoms with E-state index in [4.69, 9.17) is 10.3 Å². The summed E-state index contributed by atoms with van der Waals surface area (Å²) < 4.78 is 6.86. The number of benzene rings is 1. The topological polar surface area (TPSA) is 102 Å². The Hall–Kier alpha value is -3.12. The molecule has 0 aliphatic carbocycles. The van der Waals surface area contributed by atoms with Crippen molar-refractivity contribution in [2.24, 2.45) is 5.11 Å². The van der Waals surface area contributed by atoms with Crippen LogP contribution >= 0.6 is 0 Å². The van der Waals surface area contributed by atoms with Crippen molar-refractivity contribution in [2.45, 2.75) is 0 Å². The quantitative estimate of drug-likeness (QED) is 0.413. The number of hydrogen-bond donors (Lipinski definition) is 0. The van der Waals surface area contributed by atoms with Gasteiger partial charge in [-0.3, -0.25) is 0 Å². The molecule has 8 nitrogen and oxygen atoms in total. The predicted octanol–water partition coefficient (Wildman–Crippen LogP) is 2.77. The van der Waals surface area contributed by atoms with Crippen molar-refractivity contribution in [3.8, 4) is 11.7 Å². The summed E-state index contributed by atoms with van der Waals surface area (Å²) in [7, 11) is 1.55. The van der Waals surface area contributed by atoms with E-state index in [1.165, 1.54) is 17.1 Å². The molecule has 0 saturated carbocycles. The van der Waals surface area contributed by atoms with E-state index in [2.05, 4.69) is 25.1 Å². The van der Waals surface area contributed by atoms with Crippen LogP contribution in [0.2, 0.25) is 0 Å². The molecular formula is C12H9N7O. The van der Waals surface area contributed by atoms with Crippen molar-refractivity contribution in [1.82, 2.24) is 19.7 Å². The molecule has 0 fully saturated rings. The fraction of sp³-hybridized carbons (Fsp3) is 0.0833. The van der Waals surface area contributed by atoms with Gasteiger partial charge in [-0.05, 0) is 22.8 Å². The first kappa shape index (κ1) is 11.9. The van der Waals surface area contributed by atoms with E-state index < -0.39 is 0 Å². The maximum atomic E-state index is 8.59. The van der Waals surface area contributed by atoms with Crippen molar-refractivity contribution in [1.29, 1.82) is 0 Å². The number of nitrogens with zero attached hydrogens (tertiary/aromatic N) is 7. The van der Waals surface area contributed by atoms with Crippen molar-refractivity contribution >= 4 is 16.7 Å². The zero-order chi connectivity index (χ0) is 13.9. The van der Waals surface area contributed by atoms with Gasteiger partial charge in [0.05, 0.1) is 18.0 Å². The van der Waals surface area contributed by atoms with Crippen LogP contribution in [0.1, 0.15) is 0 Å². The van der Waals surface area contributed by atoms with E-state index in [1.807, 2.05) is 24.3 Å². The van der Waals surface area contributed by atoms with Crippen molar-refractivity contribution < 1.29 is 4.74 Å². The first-order chi connectivity index (χ1) is 9.85. The van der Waals surface area contributed by atoms with Gasteiger partial charge in [0, 0.05) is 17.3 Å². The molecule has 0 N–H and O–H groups in total. The summed E-state index contributed by atoms with van der Waals surface area (Å²) in [4.78, 5) is 10.9. The van der Waals surface area contributed by atoms with Crippen LogP contribution in [0.15, 0.2) is 41.8 Å². The molecule has 0 saturated heterocycles. The highest BCUT2D eigenvalue weighted by Gasteiger charge is 2.16. The van der Waals surface area contributed by atoms with E-state index in [0.717, 1.165) is 10.9 Å². The minimum atomic E-state index is 0.140. The van der Waals surface area contributed by atoms with Crippen LogP contribution in [0.3, 0.4) is 0 Å². The number of azide groups is 1. The average Bonchev–Trinajstić information content (AvgIpc) is 2.86. The first-order valence-electron chi connectivity index (χ1n) is 5.73. The Morgan fingerprint density at radius 2 is 2.05 bits per heavy atom. The predicted molar refractivity (Wildman–Crippen MR) is 72.0 cm³/mol. The van der Waals surface area contributed by atoms with E-state index in [9.17, 15) is 0 Å². The SMILES string of the molecule is COc1c2ccccc2nn1-c1nccnc1N=[N+]=[N-]. The maximum Gasteiger partial charge on any atom is 0.226 e. The first-order valence-corrected chi connectivity index (χ1v) is 5.73. The molecule has 8 heteroatoms. The monoisotopic (exact) mass is 267 g/mol. The molecular weight excluding hydrogens is 258 g/mol. The number of rotatable bonds is 3. The molecule has 2 heterocycles. The zero-order valence-corrected chi connectivity index (χ0v) is 10.5. The van der Waals surface area contributed by atoms with Crippen LogP contribution in [0.25, 0.3) is 27.2 Å². The lowest BCUT2D eigenvalue weighted by molar-refractivity contribution is 0.386. The van der Waals surface area contributed by atoms with E-state index in [0.29, 0.717) is 11.7 Å². The van der Waals surface area contributed by atoms with Gasteiger partial charge in [0.2, 0.25) is 5.88 Å². The highest BCUT2D eigenvalue weighted by molar-refractivity contribution is 5.85. The number of methoxy groups -OCH3 is 1. The van der Waals surface area contributed by atoms with Crippen LogP contribution < -0.4 is 4.74 Å². The molecule has 0 aliphatic rings. The van der Waals surface area contributed by atoms with Gasteiger partial charge in [0.1, 0.15) is 0 Å². The summed E-state index contributed by atoms with van der Waals surface area (Å²) in [5, 5.41) is 8.76. The molecule has 0 atom stereocenters. The zero-order valence-electron chi connectivity index (χ0n) is 10.5. The molecule has 3 rings (SSSR count). The number of aromatic nitrogens is 4. The van der Waals surface area contributed by atoms with Gasteiger partial charge in [0.15, 0.2) is 11.6 Å². The van der Waals surface area contributed by atoms with Gasteiger partial charge in [-0.1, -0.05) is 12.1 Å². The van der Waals surface area contributed by atoms with Gasteiger partial charge in [-0.15, -0.1) is 0 Å². The summed E-state index contributed by atoms with van der Waals surface area (Å²) >= 11 is 0. The van der Waals surface area contributed by atoms with E-state index in [-0.39, 0.29) is 5.82 Å². The smallest absolute Gasteiger partial charge is 0.226 e. The molecule has 2 aromatic heterocycles. The Morgan fingerprint density at radius 3 is 2.85 bits per heavy atom. The van der Waals surface area contributed by atoms with E-state index in [1.54, 1.807) is 7.11 Å². The lowest BCUT2D eigenvalue weighted by Crippen LogP contribution is -2.03. The highest BCUT2D eigenvalue weighted by atomic mass is 16.5. The second-order valence-corrected chi connectivity index (χ2v) is 3.83. The summed E-state index contributed by atoms with van der Waals surface area (Å²) in [5.41, 5.74) is 9.34. The van der Waals surface area contributed by atoms with Gasteiger partial charge < -0.3 is 4.74 Å². The molecule has 20 heavy (non-hydrogen) atoms. The van der Waals surface area contributed by atoms with Crippen LogP contribution in [0, 0.1) is 0 Å². The average molecular weight is 267 g/mol. The van der Waals surface area contributed by atoms with Gasteiger partial charge in [-0.25, -0.2) is 9.97 Å². The molecule has 0 aliphatic heterocycles. The Morgan fingerprint density at radius 1 is 1.25 bits per heavy atom. The van der Waals surface area contributed by atoms with E-state index >= 15 is 0 Å². The van der Waals surface area contributed by atoms with Crippen molar-refractivity contribution in [3.63, 3.8) is 0 Å². The van der Waals surface area contributed by atoms with Crippen LogP contribution in [0.5, 0.6) is 5.88 Å². The molecule has 0 bridgehead atoms. The van der Waals surface area contributed by atoms with Crippen LogP contribution in [0.4, 0.5) is 5.82 Å². The Bertz CT molecular complexity index is 820. The molecule has 0 spiro atoms. The standard InChI is InChI=1S/C12H9N7O/c1-20-12-8-4-2-3-5-9(8)17-19(12)11-10(16-18-13)14-6-7-15-11/h2-7H,1H3. The number of ether oxygens (including phenoxy) is 1. The second kappa shape index (κ2) is 4.87. The third-order valence-corrected chi connectivity index (χ3v) is 2.73. The Kier molecular flexibility index (Phi) is 2.91. The maximum absolute atomic E-state index is 8.59. The summed E-state index contributed by atoms with van der Waals surface area (Å²) in [6, 6.07) is 7.52. The molecule has 98 valence electrons. The minimum Gasteiger partial charge on any atom is -0.480 e. The summed E-state index contributed by atoms with van der Waals surface area (Å²) in [5.74, 6) is 0.968. The lowest BCUT2D eigenvalue weighted by atomic mass is 10.2. The number of fused-ring (bicyclic) bond motifs is 1. The van der Waals surface area contributed by atoms with Crippen molar-refractivity contribution in [2.75, 3.05) is 7.11 Å². The Labute approximate surface area is 113 Å². The van der Waals surface area contributed by atoms with Crippen LogP contribution in [-0.2, 0) is 0 Å². The van der Waals surface area contributed by atoms with Crippen molar-refractivity contribution in [3.05, 3.63) is 47.1 Å². The molecule has 0 radical (unpaired) electrons. The largest absolute Gasteiger partial charge is 0.480 e. The summed E-state index contributed by atoms with van der Waals surface area (Å²) in [6.07, 6.45) is 2.95. The molecule has 1 aromatic carbocycles. The highest BCUT2D eigenvalue weighted by Crippen LogP contribution is 2.30. The Balaban J connectivity index is 2.32. The fourth-order valence-corrected chi connectivity index (χ4v) is 1.93. The van der Waals surface area contributed by atoms with Crippen LogP contribution in [-0.4, -0.2) is 26.9 Å². The molecule has 3 aromatic rings. The van der Waals surface area contributed by atoms with Gasteiger partial charge >= 0.3 is 0 Å². The second-order valence-electron chi connectivity index (χ2n) is 3.83. The normalized spacial score (nSPS) is 10.2. The third kappa shape index (κ3) is 1.80. The van der Waals surface area contributed by atoms with Gasteiger partial charge in [0.25, 0.3) is 0 Å². The lowest BCUT2D eigenvalue weighted by Gasteiger charge is -2.06. The number of hydrogen-bond acceptors (Lipinski definition) is 5. The summed E-state index contributed by atoms with van der Waals surface area (Å²) in [6.45, 7) is 0. The molecule has 0 amide bonds.